The minimum absolute atomic E-state index is 0.139. The van der Waals surface area contributed by atoms with Crippen LogP contribution in [-0.4, -0.2) is 49.9 Å². The van der Waals surface area contributed by atoms with Gasteiger partial charge in [0.15, 0.2) is 0 Å². The second-order valence-corrected chi connectivity index (χ2v) is 6.30. The number of nitrogens with zero attached hydrogens (tertiary/aromatic N) is 1. The number of likely N-dealkylation sites (N-methyl/N-ethyl adjacent to an activating group) is 1. The summed E-state index contributed by atoms with van der Waals surface area (Å²) in [6, 6.07) is 15.5. The minimum Gasteiger partial charge on any atom is -0.353 e. The minimum atomic E-state index is -0.489. The molecule has 0 spiro atoms. The van der Waals surface area contributed by atoms with E-state index in [1.165, 1.54) is 23.8 Å². The van der Waals surface area contributed by atoms with Crippen molar-refractivity contribution in [1.82, 2.24) is 15.5 Å². The maximum atomic E-state index is 13.1. The quantitative estimate of drug-likeness (QED) is 0.758. The van der Waals surface area contributed by atoms with Crippen LogP contribution < -0.4 is 10.6 Å². The Morgan fingerprint density at radius 3 is 2.42 bits per heavy atom. The Morgan fingerprint density at radius 2 is 1.77 bits per heavy atom. The molecule has 2 N–H and O–H groups in total. The summed E-state index contributed by atoms with van der Waals surface area (Å²) in [7, 11) is 3.93. The first-order valence-corrected chi connectivity index (χ1v) is 8.46. The van der Waals surface area contributed by atoms with E-state index in [4.69, 9.17) is 0 Å². The Hall–Kier alpha value is -2.73. The van der Waals surface area contributed by atoms with Gasteiger partial charge in [-0.25, -0.2) is 4.39 Å². The first-order valence-electron chi connectivity index (χ1n) is 8.46. The van der Waals surface area contributed by atoms with Crippen molar-refractivity contribution in [3.63, 3.8) is 0 Å². The van der Waals surface area contributed by atoms with E-state index in [0.717, 1.165) is 12.5 Å². The number of halogens is 1. The zero-order valence-corrected chi connectivity index (χ0v) is 15.0. The molecule has 0 aliphatic carbocycles. The molecule has 2 aromatic rings. The van der Waals surface area contributed by atoms with Crippen molar-refractivity contribution in [3.05, 3.63) is 71.5 Å². The highest BCUT2D eigenvalue weighted by molar-refractivity contribution is 5.96. The molecule has 0 aliphatic rings. The van der Waals surface area contributed by atoms with E-state index < -0.39 is 11.7 Å². The summed E-state index contributed by atoms with van der Waals surface area (Å²) in [5, 5.41) is 5.33. The Bertz CT molecular complexity index is 735. The Morgan fingerprint density at radius 1 is 1.04 bits per heavy atom. The lowest BCUT2D eigenvalue weighted by atomic mass is 10.1. The molecule has 0 bridgehead atoms. The number of hydrogen-bond donors (Lipinski definition) is 2. The molecule has 5 nitrogen and oxygen atoms in total. The number of carbonyl (C=O) groups is 2. The second kappa shape index (κ2) is 9.68. The molecule has 1 unspecified atom stereocenters. The first kappa shape index (κ1) is 19.6. The van der Waals surface area contributed by atoms with E-state index in [2.05, 4.69) is 27.7 Å². The summed E-state index contributed by atoms with van der Waals surface area (Å²) in [5.41, 5.74) is 1.38. The molecule has 0 radical (unpaired) electrons. The van der Waals surface area contributed by atoms with Gasteiger partial charge in [-0.1, -0.05) is 36.4 Å². The molecule has 0 saturated carbocycles. The third kappa shape index (κ3) is 6.29. The molecular formula is C20H24FN3O2. The molecule has 0 fully saturated rings. The summed E-state index contributed by atoms with van der Waals surface area (Å²) < 4.78 is 13.1. The zero-order valence-electron chi connectivity index (χ0n) is 15.0. The van der Waals surface area contributed by atoms with E-state index >= 15 is 0 Å². The lowest BCUT2D eigenvalue weighted by Crippen LogP contribution is -2.44. The van der Waals surface area contributed by atoms with Crippen molar-refractivity contribution in [2.75, 3.05) is 27.2 Å². The van der Waals surface area contributed by atoms with Crippen LogP contribution in [0.4, 0.5) is 4.39 Å². The van der Waals surface area contributed by atoms with Gasteiger partial charge in [0.2, 0.25) is 5.91 Å². The SMILES string of the molecule is CN(C)C(CNC(=O)CNC(=O)c1cccc(F)c1)Cc1ccccc1. The molecule has 0 aromatic heterocycles. The standard InChI is InChI=1S/C20H24FN3O2/c1-24(2)18(11-15-7-4-3-5-8-15)13-22-19(25)14-23-20(26)16-9-6-10-17(21)12-16/h3-10,12,18H,11,13-14H2,1-2H3,(H,22,25)(H,23,26). The van der Waals surface area contributed by atoms with Crippen molar-refractivity contribution in [2.45, 2.75) is 12.5 Å². The fourth-order valence-electron chi connectivity index (χ4n) is 2.51. The molecule has 0 aliphatic heterocycles. The van der Waals surface area contributed by atoms with E-state index in [9.17, 15) is 14.0 Å². The number of rotatable bonds is 8. The molecule has 26 heavy (non-hydrogen) atoms. The van der Waals surface area contributed by atoms with Crippen molar-refractivity contribution in [1.29, 1.82) is 0 Å². The molecule has 2 amide bonds. The Labute approximate surface area is 153 Å². The number of benzene rings is 2. The molecule has 138 valence electrons. The van der Waals surface area contributed by atoms with Gasteiger partial charge >= 0.3 is 0 Å². The number of hydrogen-bond acceptors (Lipinski definition) is 3. The van der Waals surface area contributed by atoms with Gasteiger partial charge in [0, 0.05) is 18.2 Å². The zero-order chi connectivity index (χ0) is 18.9. The molecule has 0 saturated heterocycles. The predicted molar refractivity (Wildman–Crippen MR) is 99.4 cm³/mol. The Balaban J connectivity index is 1.80. The van der Waals surface area contributed by atoms with Crippen LogP contribution in [0.5, 0.6) is 0 Å². The molecule has 2 rings (SSSR count). The van der Waals surface area contributed by atoms with E-state index in [1.807, 2.05) is 32.3 Å². The van der Waals surface area contributed by atoms with E-state index in [-0.39, 0.29) is 24.1 Å². The highest BCUT2D eigenvalue weighted by atomic mass is 19.1. The first-order chi connectivity index (χ1) is 12.5. The van der Waals surface area contributed by atoms with Gasteiger partial charge in [-0.15, -0.1) is 0 Å². The predicted octanol–water partition coefficient (Wildman–Crippen LogP) is 1.84. The van der Waals surface area contributed by atoms with Gasteiger partial charge in [-0.05, 0) is 44.3 Å². The van der Waals surface area contributed by atoms with Crippen LogP contribution in [0.1, 0.15) is 15.9 Å². The highest BCUT2D eigenvalue weighted by Crippen LogP contribution is 2.06. The van der Waals surface area contributed by atoms with Crippen molar-refractivity contribution in [2.24, 2.45) is 0 Å². The van der Waals surface area contributed by atoms with E-state index in [0.29, 0.717) is 6.54 Å². The fourth-order valence-corrected chi connectivity index (χ4v) is 2.51. The fraction of sp³-hybridized carbons (Fsp3) is 0.300. The van der Waals surface area contributed by atoms with Gasteiger partial charge in [0.25, 0.3) is 5.91 Å². The molecule has 6 heteroatoms. The maximum absolute atomic E-state index is 13.1. The van der Waals surface area contributed by atoms with Crippen LogP contribution in [0, 0.1) is 5.82 Å². The third-order valence-electron chi connectivity index (χ3n) is 4.08. The van der Waals surface area contributed by atoms with E-state index in [1.54, 1.807) is 0 Å². The summed E-state index contributed by atoms with van der Waals surface area (Å²) in [6.45, 7) is 0.317. The number of carbonyl (C=O) groups excluding carboxylic acids is 2. The molecule has 0 heterocycles. The van der Waals surface area contributed by atoms with Crippen molar-refractivity contribution in [3.8, 4) is 0 Å². The summed E-state index contributed by atoms with van der Waals surface area (Å²) in [5.74, 6) is -1.25. The largest absolute Gasteiger partial charge is 0.353 e. The second-order valence-electron chi connectivity index (χ2n) is 6.30. The average Bonchev–Trinajstić information content (AvgIpc) is 2.63. The van der Waals surface area contributed by atoms with Gasteiger partial charge in [0.1, 0.15) is 5.82 Å². The topological polar surface area (TPSA) is 61.4 Å². The highest BCUT2D eigenvalue weighted by Gasteiger charge is 2.14. The lowest BCUT2D eigenvalue weighted by Gasteiger charge is -2.24. The molecular weight excluding hydrogens is 333 g/mol. The van der Waals surface area contributed by atoms with Gasteiger partial charge in [0.05, 0.1) is 6.54 Å². The van der Waals surface area contributed by atoms with Crippen LogP contribution >= 0.6 is 0 Å². The summed E-state index contributed by atoms with van der Waals surface area (Å²) in [6.07, 6.45) is 0.809. The van der Waals surface area contributed by atoms with Crippen LogP contribution in [0.2, 0.25) is 0 Å². The smallest absolute Gasteiger partial charge is 0.251 e. The van der Waals surface area contributed by atoms with Crippen LogP contribution in [0.15, 0.2) is 54.6 Å². The van der Waals surface area contributed by atoms with Gasteiger partial charge < -0.3 is 15.5 Å². The summed E-state index contributed by atoms with van der Waals surface area (Å²) in [4.78, 5) is 26.0. The molecule has 1 atom stereocenters. The van der Waals surface area contributed by atoms with Crippen molar-refractivity contribution < 1.29 is 14.0 Å². The van der Waals surface area contributed by atoms with Crippen molar-refractivity contribution >= 4 is 11.8 Å². The number of nitrogens with one attached hydrogen (secondary N) is 2. The average molecular weight is 357 g/mol. The maximum Gasteiger partial charge on any atom is 0.251 e. The lowest BCUT2D eigenvalue weighted by molar-refractivity contribution is -0.120. The van der Waals surface area contributed by atoms with Crippen LogP contribution in [0.3, 0.4) is 0 Å². The summed E-state index contributed by atoms with van der Waals surface area (Å²) >= 11 is 0. The molecule has 2 aromatic carbocycles. The monoisotopic (exact) mass is 357 g/mol. The van der Waals surface area contributed by atoms with Crippen LogP contribution in [0.25, 0.3) is 0 Å². The third-order valence-corrected chi connectivity index (χ3v) is 4.08. The van der Waals surface area contributed by atoms with Gasteiger partial charge in [-0.2, -0.15) is 0 Å². The Kier molecular flexibility index (Phi) is 7.29. The number of amides is 2. The normalized spacial score (nSPS) is 11.8. The van der Waals surface area contributed by atoms with Crippen LogP contribution in [-0.2, 0) is 11.2 Å². The van der Waals surface area contributed by atoms with Gasteiger partial charge in [-0.3, -0.25) is 9.59 Å².